The Balaban J connectivity index is 2.41. The summed E-state index contributed by atoms with van der Waals surface area (Å²) in [5.74, 6) is 0.990. The third-order valence-electron chi connectivity index (χ3n) is 1.86. The molecule has 0 atom stereocenters. The molecule has 1 aromatic rings. The Morgan fingerprint density at radius 1 is 1.50 bits per heavy atom. The van der Waals surface area contributed by atoms with E-state index in [1.807, 2.05) is 18.8 Å². The topological polar surface area (TPSA) is 12.0 Å². The molecule has 0 fully saturated rings. The summed E-state index contributed by atoms with van der Waals surface area (Å²) in [6, 6.07) is 8.56. The van der Waals surface area contributed by atoms with Crippen LogP contribution in [0.4, 0.5) is 0 Å². The lowest BCUT2D eigenvalue weighted by atomic mass is 10.2. The van der Waals surface area contributed by atoms with Gasteiger partial charge in [-0.2, -0.15) is 0 Å². The molecule has 0 radical (unpaired) electrons. The molecule has 2 heteroatoms. The monoisotopic (exact) mass is 207 g/mol. The molecule has 0 saturated heterocycles. The number of benzene rings is 1. The summed E-state index contributed by atoms with van der Waals surface area (Å²) in [4.78, 5) is 1.32. The van der Waals surface area contributed by atoms with E-state index in [-0.39, 0.29) is 0 Å². The summed E-state index contributed by atoms with van der Waals surface area (Å²) in [5, 5.41) is 3.10. The second-order valence-corrected chi connectivity index (χ2v) is 4.43. The first-order valence-electron chi connectivity index (χ1n) is 4.73. The number of rotatable bonds is 5. The fourth-order valence-electron chi connectivity index (χ4n) is 1.19. The van der Waals surface area contributed by atoms with E-state index < -0.39 is 0 Å². The molecule has 0 aliphatic heterocycles. The standard InChI is InChI=1S/C12H17NS/c1-10-5-4-6-12(7-10)14-9-11(2)8-13-3/h4-7,13H,2,8-9H2,1,3H3. The van der Waals surface area contributed by atoms with Crippen LogP contribution >= 0.6 is 11.8 Å². The highest BCUT2D eigenvalue weighted by molar-refractivity contribution is 7.99. The van der Waals surface area contributed by atoms with E-state index in [0.29, 0.717) is 0 Å². The maximum Gasteiger partial charge on any atom is 0.0200 e. The first kappa shape index (κ1) is 11.3. The third-order valence-corrected chi connectivity index (χ3v) is 3.00. The lowest BCUT2D eigenvalue weighted by molar-refractivity contribution is 0.885. The van der Waals surface area contributed by atoms with Crippen LogP contribution in [0.15, 0.2) is 41.3 Å². The van der Waals surface area contributed by atoms with Gasteiger partial charge in [0.2, 0.25) is 0 Å². The van der Waals surface area contributed by atoms with Crippen molar-refractivity contribution in [1.29, 1.82) is 0 Å². The fourth-order valence-corrected chi connectivity index (χ4v) is 2.11. The maximum atomic E-state index is 4.00. The van der Waals surface area contributed by atoms with Crippen LogP contribution in [0.25, 0.3) is 0 Å². The smallest absolute Gasteiger partial charge is 0.0200 e. The Morgan fingerprint density at radius 3 is 2.93 bits per heavy atom. The highest BCUT2D eigenvalue weighted by Gasteiger charge is 1.96. The summed E-state index contributed by atoms with van der Waals surface area (Å²) >= 11 is 1.84. The summed E-state index contributed by atoms with van der Waals surface area (Å²) in [6.45, 7) is 7.02. The molecule has 0 aromatic heterocycles. The van der Waals surface area contributed by atoms with Crippen molar-refractivity contribution in [2.24, 2.45) is 0 Å². The van der Waals surface area contributed by atoms with Crippen LogP contribution in [0.3, 0.4) is 0 Å². The Morgan fingerprint density at radius 2 is 2.29 bits per heavy atom. The third kappa shape index (κ3) is 3.99. The average Bonchev–Trinajstić information content (AvgIpc) is 2.15. The molecule has 1 rings (SSSR count). The SMILES string of the molecule is C=C(CNC)CSc1cccc(C)c1. The molecule has 76 valence electrons. The molecule has 0 spiro atoms. The van der Waals surface area contributed by atoms with Gasteiger partial charge in [0.1, 0.15) is 0 Å². The Bertz CT molecular complexity index is 307. The molecular weight excluding hydrogens is 190 g/mol. The molecule has 0 aliphatic rings. The zero-order valence-corrected chi connectivity index (χ0v) is 9.66. The summed E-state index contributed by atoms with van der Waals surface area (Å²) in [7, 11) is 1.95. The quantitative estimate of drug-likeness (QED) is 0.588. The van der Waals surface area contributed by atoms with Gasteiger partial charge < -0.3 is 5.32 Å². The minimum absolute atomic E-state index is 0.902. The Kier molecular flexibility index (Phi) is 4.77. The van der Waals surface area contributed by atoms with Crippen LogP contribution < -0.4 is 5.32 Å². The van der Waals surface area contributed by atoms with Crippen molar-refractivity contribution in [2.45, 2.75) is 11.8 Å². The van der Waals surface area contributed by atoms with Crippen molar-refractivity contribution in [1.82, 2.24) is 5.32 Å². The van der Waals surface area contributed by atoms with Crippen molar-refractivity contribution in [3.8, 4) is 0 Å². The van der Waals surface area contributed by atoms with Gasteiger partial charge in [0, 0.05) is 17.2 Å². The van der Waals surface area contributed by atoms with E-state index >= 15 is 0 Å². The highest BCUT2D eigenvalue weighted by Crippen LogP contribution is 2.20. The molecule has 0 amide bonds. The number of aryl methyl sites for hydroxylation is 1. The van der Waals surface area contributed by atoms with Gasteiger partial charge in [-0.15, -0.1) is 11.8 Å². The van der Waals surface area contributed by atoms with Gasteiger partial charge in [0.15, 0.2) is 0 Å². The molecule has 0 aliphatic carbocycles. The van der Waals surface area contributed by atoms with Crippen LogP contribution in [0.2, 0.25) is 0 Å². The van der Waals surface area contributed by atoms with Crippen LogP contribution in [0.5, 0.6) is 0 Å². The zero-order valence-electron chi connectivity index (χ0n) is 8.84. The largest absolute Gasteiger partial charge is 0.316 e. The minimum atomic E-state index is 0.902. The molecule has 0 bridgehead atoms. The van der Waals surface area contributed by atoms with Crippen LogP contribution in [-0.4, -0.2) is 19.3 Å². The number of hydrogen-bond acceptors (Lipinski definition) is 2. The first-order chi connectivity index (χ1) is 6.72. The molecule has 0 heterocycles. The molecular formula is C12H17NS. The first-order valence-corrected chi connectivity index (χ1v) is 5.71. The Hall–Kier alpha value is -0.730. The van der Waals surface area contributed by atoms with E-state index in [1.54, 1.807) is 0 Å². The van der Waals surface area contributed by atoms with Gasteiger partial charge in [-0.1, -0.05) is 29.8 Å². The van der Waals surface area contributed by atoms with E-state index in [4.69, 9.17) is 0 Å². The predicted octanol–water partition coefficient (Wildman–Crippen LogP) is 2.86. The highest BCUT2D eigenvalue weighted by atomic mass is 32.2. The molecule has 0 saturated carbocycles. The van der Waals surface area contributed by atoms with Gasteiger partial charge >= 0.3 is 0 Å². The zero-order chi connectivity index (χ0) is 10.4. The van der Waals surface area contributed by atoms with Crippen molar-refractivity contribution in [2.75, 3.05) is 19.3 Å². The Labute approximate surface area is 90.6 Å². The van der Waals surface area contributed by atoms with Gasteiger partial charge in [0.25, 0.3) is 0 Å². The average molecular weight is 207 g/mol. The van der Waals surface area contributed by atoms with Gasteiger partial charge in [0.05, 0.1) is 0 Å². The lowest BCUT2D eigenvalue weighted by Gasteiger charge is -2.05. The van der Waals surface area contributed by atoms with E-state index in [1.165, 1.54) is 16.0 Å². The molecule has 0 unspecified atom stereocenters. The maximum absolute atomic E-state index is 4.00. The van der Waals surface area contributed by atoms with Crippen molar-refractivity contribution >= 4 is 11.8 Å². The number of thioether (sulfide) groups is 1. The minimum Gasteiger partial charge on any atom is -0.316 e. The second kappa shape index (κ2) is 5.89. The normalized spacial score (nSPS) is 10.1. The summed E-state index contributed by atoms with van der Waals surface area (Å²) in [5.41, 5.74) is 2.55. The fraction of sp³-hybridized carbons (Fsp3) is 0.333. The van der Waals surface area contributed by atoms with E-state index in [0.717, 1.165) is 12.3 Å². The predicted molar refractivity (Wildman–Crippen MR) is 65.0 cm³/mol. The molecule has 1 N–H and O–H groups in total. The second-order valence-electron chi connectivity index (χ2n) is 3.39. The van der Waals surface area contributed by atoms with Gasteiger partial charge in [-0.25, -0.2) is 0 Å². The van der Waals surface area contributed by atoms with Gasteiger partial charge in [-0.05, 0) is 26.1 Å². The van der Waals surface area contributed by atoms with Crippen LogP contribution in [0, 0.1) is 6.92 Å². The number of nitrogens with one attached hydrogen (secondary N) is 1. The molecule has 14 heavy (non-hydrogen) atoms. The number of hydrogen-bond donors (Lipinski definition) is 1. The van der Waals surface area contributed by atoms with E-state index in [2.05, 4.69) is 43.1 Å². The van der Waals surface area contributed by atoms with E-state index in [9.17, 15) is 0 Å². The summed E-state index contributed by atoms with van der Waals surface area (Å²) < 4.78 is 0. The molecule has 1 nitrogen and oxygen atoms in total. The van der Waals surface area contributed by atoms with Crippen molar-refractivity contribution in [3.05, 3.63) is 42.0 Å². The number of likely N-dealkylation sites (N-methyl/N-ethyl adjacent to an activating group) is 1. The van der Waals surface area contributed by atoms with Crippen molar-refractivity contribution in [3.63, 3.8) is 0 Å². The van der Waals surface area contributed by atoms with Gasteiger partial charge in [-0.3, -0.25) is 0 Å². The molecule has 1 aromatic carbocycles. The van der Waals surface area contributed by atoms with Crippen molar-refractivity contribution < 1.29 is 0 Å². The summed E-state index contributed by atoms with van der Waals surface area (Å²) in [6.07, 6.45) is 0. The van der Waals surface area contributed by atoms with Crippen LogP contribution in [-0.2, 0) is 0 Å². The van der Waals surface area contributed by atoms with Crippen LogP contribution in [0.1, 0.15) is 5.56 Å². The lowest BCUT2D eigenvalue weighted by Crippen LogP contribution is -2.10.